The van der Waals surface area contributed by atoms with Crippen molar-refractivity contribution in [1.29, 1.82) is 5.41 Å². The van der Waals surface area contributed by atoms with Gasteiger partial charge in [-0.3, -0.25) is 10.2 Å². The number of benzene rings is 2. The smallest absolute Gasteiger partial charge is 0.300 e. The number of aliphatic carboxylic acids is 1. The van der Waals surface area contributed by atoms with Gasteiger partial charge in [0.2, 0.25) is 5.96 Å². The van der Waals surface area contributed by atoms with Gasteiger partial charge in [-0.25, -0.2) is 5.01 Å². The largest absolute Gasteiger partial charge is 0.770 e. The van der Waals surface area contributed by atoms with E-state index in [0.29, 0.717) is 21.2 Å². The third-order valence-electron chi connectivity index (χ3n) is 3.91. The number of carbonyl (C=O) groups is 1. The molecule has 0 unspecified atom stereocenters. The van der Waals surface area contributed by atoms with Gasteiger partial charge in [0.15, 0.2) is 5.84 Å². The SMILES string of the molecule is CC(=O)O.CC1=NN(c2ccccc2)C(=N)/C1=C(/[S-])SN=Nc1ccc(S(=O)(=O)N=C(N)N)cc1.[Pb]. The molecule has 188 valence electrons. The first-order chi connectivity index (χ1) is 16.4. The number of carboxylic acids is 1. The summed E-state index contributed by atoms with van der Waals surface area (Å²) < 4.78 is 31.4. The van der Waals surface area contributed by atoms with Gasteiger partial charge in [-0.2, -0.15) is 13.5 Å². The average Bonchev–Trinajstić information content (AvgIpc) is 3.07. The maximum atomic E-state index is 11.9. The Balaban J connectivity index is 0.00000120. The number of hydrogen-bond donors (Lipinski definition) is 4. The van der Waals surface area contributed by atoms with Gasteiger partial charge in [0.1, 0.15) is 0 Å². The molecule has 0 amide bonds. The van der Waals surface area contributed by atoms with E-state index in [1.165, 1.54) is 29.3 Å². The van der Waals surface area contributed by atoms with Crippen LogP contribution >= 0.6 is 11.9 Å². The summed E-state index contributed by atoms with van der Waals surface area (Å²) in [6.07, 6.45) is 0. The van der Waals surface area contributed by atoms with E-state index < -0.39 is 22.0 Å². The van der Waals surface area contributed by atoms with Crippen LogP contribution in [0, 0.1) is 5.41 Å². The van der Waals surface area contributed by atoms with Crippen LogP contribution in [0.3, 0.4) is 0 Å². The zero-order valence-electron chi connectivity index (χ0n) is 19.0. The fraction of sp³-hybridized carbons (Fsp3) is 0.100. The number of guanidine groups is 1. The standard InChI is InChI=1S/C18H18N8O2S3.C2H4O2.Pb/c1-11-15(16(19)26(23-11)13-5-3-2-4-6-13)17(29)30-25-22-12-7-9-14(10-8-12)31(27,28)24-18(20)21;1-2(3)4;/h2-10,19,29H,1H3,(H4,20,21,24);1H3,(H,3,4);/p-1/b17-15-,19-16?,25-22?;;. The Labute approximate surface area is 237 Å². The van der Waals surface area contributed by atoms with E-state index in [4.69, 9.17) is 39.4 Å². The number of rotatable bonds is 6. The second kappa shape index (κ2) is 14.0. The van der Waals surface area contributed by atoms with Crippen molar-refractivity contribution in [2.24, 2.45) is 30.6 Å². The van der Waals surface area contributed by atoms with Crippen LogP contribution in [-0.4, -0.2) is 64.3 Å². The first-order valence-electron chi connectivity index (χ1n) is 9.57. The van der Waals surface area contributed by atoms with Crippen molar-refractivity contribution in [3.05, 3.63) is 64.4 Å². The van der Waals surface area contributed by atoms with E-state index in [1.807, 2.05) is 30.3 Å². The number of amidine groups is 1. The number of nitrogens with one attached hydrogen (secondary N) is 1. The fourth-order valence-corrected chi connectivity index (χ4v) is 4.31. The van der Waals surface area contributed by atoms with Gasteiger partial charge < -0.3 is 29.2 Å². The van der Waals surface area contributed by atoms with Crippen LogP contribution in [0.4, 0.5) is 11.4 Å². The summed E-state index contributed by atoms with van der Waals surface area (Å²) in [5, 5.41) is 25.7. The van der Waals surface area contributed by atoms with Gasteiger partial charge in [0.25, 0.3) is 16.0 Å². The second-order valence-corrected chi connectivity index (χ2v) is 9.65. The van der Waals surface area contributed by atoms with Gasteiger partial charge in [0.05, 0.1) is 22.0 Å². The van der Waals surface area contributed by atoms with E-state index in [9.17, 15) is 8.42 Å². The Morgan fingerprint density at radius 1 is 1.14 bits per heavy atom. The number of para-hydroxylation sites is 1. The third kappa shape index (κ3) is 8.95. The van der Waals surface area contributed by atoms with Gasteiger partial charge in [-0.1, -0.05) is 18.2 Å². The maximum Gasteiger partial charge on any atom is 0.300 e. The molecule has 3 rings (SSSR count). The quantitative estimate of drug-likeness (QED) is 0.0859. The van der Waals surface area contributed by atoms with Crippen LogP contribution in [0.1, 0.15) is 13.8 Å². The number of carboxylic acid groups (broad SMARTS) is 1. The van der Waals surface area contributed by atoms with Crippen molar-refractivity contribution in [1.82, 2.24) is 0 Å². The van der Waals surface area contributed by atoms with E-state index in [-0.39, 0.29) is 38.0 Å². The molecule has 0 saturated heterocycles. The van der Waals surface area contributed by atoms with Crippen molar-refractivity contribution in [3.8, 4) is 0 Å². The minimum Gasteiger partial charge on any atom is -0.770 e. The zero-order chi connectivity index (χ0) is 26.2. The van der Waals surface area contributed by atoms with Gasteiger partial charge in [-0.05, 0) is 43.3 Å². The number of sulfonamides is 1. The van der Waals surface area contributed by atoms with Crippen LogP contribution in [-0.2, 0) is 27.4 Å². The predicted molar refractivity (Wildman–Crippen MR) is 145 cm³/mol. The Hall–Kier alpha value is -2.90. The molecule has 1 aliphatic rings. The summed E-state index contributed by atoms with van der Waals surface area (Å²) in [6.45, 7) is 2.85. The zero-order valence-corrected chi connectivity index (χ0v) is 25.3. The molecule has 16 heteroatoms. The van der Waals surface area contributed by atoms with Crippen LogP contribution in [0.2, 0.25) is 0 Å². The van der Waals surface area contributed by atoms with Gasteiger partial charge >= 0.3 is 0 Å². The van der Waals surface area contributed by atoms with Crippen LogP contribution in [0.15, 0.2) is 88.4 Å². The monoisotopic (exact) mass is 741 g/mol. The molecule has 0 aromatic heterocycles. The number of hydrogen-bond acceptors (Lipinski definition) is 9. The summed E-state index contributed by atoms with van der Waals surface area (Å²) in [4.78, 5) is 8.92. The average molecular weight is 741 g/mol. The molecule has 0 atom stereocenters. The maximum absolute atomic E-state index is 11.9. The summed E-state index contributed by atoms with van der Waals surface area (Å²) in [6, 6.07) is 14.8. The number of nitrogens with zero attached hydrogens (tertiary/aromatic N) is 5. The number of hydrazone groups is 1. The molecule has 4 radical (unpaired) electrons. The topological polar surface area (TPSA) is 200 Å². The molecule has 1 aliphatic heterocycles. The molecular weight excluding hydrogens is 720 g/mol. The summed E-state index contributed by atoms with van der Waals surface area (Å²) in [7, 11) is -3.97. The second-order valence-electron chi connectivity index (χ2n) is 6.62. The van der Waals surface area contributed by atoms with Gasteiger partial charge in [-0.15, -0.1) is 18.3 Å². The van der Waals surface area contributed by atoms with E-state index in [2.05, 4.69) is 19.1 Å². The molecule has 6 N–H and O–H groups in total. The third-order valence-corrected chi connectivity index (χ3v) is 6.19. The number of nitrogens with two attached hydrogens (primary N) is 2. The fourth-order valence-electron chi connectivity index (χ4n) is 2.55. The molecule has 0 fully saturated rings. The Morgan fingerprint density at radius 2 is 1.69 bits per heavy atom. The molecular formula is C20H21N8O4PbS3-. The molecule has 0 aliphatic carbocycles. The van der Waals surface area contributed by atoms with Crippen molar-refractivity contribution in [3.63, 3.8) is 0 Å². The van der Waals surface area contributed by atoms with Crippen molar-refractivity contribution in [2.75, 3.05) is 5.01 Å². The van der Waals surface area contributed by atoms with Gasteiger partial charge in [0, 0.05) is 51.7 Å². The van der Waals surface area contributed by atoms with E-state index >= 15 is 0 Å². The minimum atomic E-state index is -3.97. The molecule has 36 heavy (non-hydrogen) atoms. The summed E-state index contributed by atoms with van der Waals surface area (Å²) in [5.41, 5.74) is 12.5. The van der Waals surface area contributed by atoms with Crippen LogP contribution < -0.4 is 16.5 Å². The normalized spacial score (nSPS) is 14.3. The first-order valence-corrected chi connectivity index (χ1v) is 12.2. The molecule has 0 bridgehead atoms. The predicted octanol–water partition coefficient (Wildman–Crippen LogP) is 2.72. The van der Waals surface area contributed by atoms with Crippen LogP contribution in [0.5, 0.6) is 0 Å². The molecule has 2 aromatic rings. The molecule has 1 heterocycles. The molecule has 0 spiro atoms. The van der Waals surface area contributed by atoms with Crippen molar-refractivity contribution in [2.45, 2.75) is 18.7 Å². The van der Waals surface area contributed by atoms with E-state index in [1.54, 1.807) is 6.92 Å². The molecule has 12 nitrogen and oxygen atoms in total. The Bertz CT molecular complexity index is 1320. The molecule has 2 aromatic carbocycles. The minimum absolute atomic E-state index is 0. The van der Waals surface area contributed by atoms with Crippen LogP contribution in [0.25, 0.3) is 0 Å². The summed E-state index contributed by atoms with van der Waals surface area (Å²) >= 11 is 6.32. The van der Waals surface area contributed by atoms with E-state index in [0.717, 1.165) is 24.6 Å². The Morgan fingerprint density at radius 3 is 2.22 bits per heavy atom. The summed E-state index contributed by atoms with van der Waals surface area (Å²) in [5.74, 6) is -1.22. The first kappa shape index (κ1) is 31.1. The number of anilines is 1. The van der Waals surface area contributed by atoms with Crippen molar-refractivity contribution >= 4 is 96.7 Å². The Kier molecular flexibility index (Phi) is 12.1. The van der Waals surface area contributed by atoms with Crippen molar-refractivity contribution < 1.29 is 18.3 Å². The molecule has 0 saturated carbocycles.